The van der Waals surface area contributed by atoms with Gasteiger partial charge in [0.25, 0.3) is 0 Å². The zero-order valence-electron chi connectivity index (χ0n) is 5.36. The highest BCUT2D eigenvalue weighted by Gasteiger charge is 1.91. The molecule has 0 aromatic rings. The van der Waals surface area contributed by atoms with Gasteiger partial charge in [-0.05, 0) is 29.1 Å². The molecule has 0 amide bonds. The van der Waals surface area contributed by atoms with Gasteiger partial charge in [0.1, 0.15) is 10.0 Å². The van der Waals surface area contributed by atoms with E-state index in [1.54, 1.807) is 0 Å². The van der Waals surface area contributed by atoms with Crippen LogP contribution < -0.4 is 0 Å². The summed E-state index contributed by atoms with van der Waals surface area (Å²) >= 11 is 0. The van der Waals surface area contributed by atoms with Crippen molar-refractivity contribution in [1.82, 2.24) is 0 Å². The molecule has 6 heteroatoms. The smallest absolute Gasteiger partial charge is 0.114 e. The maximum Gasteiger partial charge on any atom is 0.114 e. The van der Waals surface area contributed by atoms with Gasteiger partial charge in [0.15, 0.2) is 0 Å². The molecule has 58 valence electrons. The first-order valence-electron chi connectivity index (χ1n) is 2.83. The summed E-state index contributed by atoms with van der Waals surface area (Å²) in [5, 5.41) is 3.31. The topological polar surface area (TPSA) is 65.8 Å². The third-order valence-corrected chi connectivity index (χ3v) is 1.95. The van der Waals surface area contributed by atoms with E-state index in [0.717, 1.165) is 12.8 Å². The lowest BCUT2D eigenvalue weighted by molar-refractivity contribution is 0.686. The monoisotopic (exact) mass is 181 g/mol. The van der Waals surface area contributed by atoms with Gasteiger partial charge in [-0.15, -0.1) is 0 Å². The lowest BCUT2D eigenvalue weighted by Gasteiger charge is -1.90. The van der Waals surface area contributed by atoms with Crippen molar-refractivity contribution in [3.8, 4) is 0 Å². The quantitative estimate of drug-likeness (QED) is 0.210. The van der Waals surface area contributed by atoms with Crippen LogP contribution in [0.1, 0.15) is 12.8 Å². The summed E-state index contributed by atoms with van der Waals surface area (Å²) in [6.45, 7) is 0.463. The van der Waals surface area contributed by atoms with E-state index >= 15 is 0 Å². The second-order valence-corrected chi connectivity index (χ2v) is 3.68. The van der Waals surface area contributed by atoms with Crippen molar-refractivity contribution < 1.29 is 4.21 Å². The Morgan fingerprint density at radius 3 is 2.80 bits per heavy atom. The fourth-order valence-electron chi connectivity index (χ4n) is 0.443. The minimum absolute atomic E-state index is 0.463. The van der Waals surface area contributed by atoms with Crippen LogP contribution in [0.15, 0.2) is 5.11 Å². The predicted octanol–water partition coefficient (Wildman–Crippen LogP) is 1.98. The Morgan fingerprint density at radius 1 is 1.60 bits per heavy atom. The standard InChI is InChI=1S/C4H8ClN3OS/c5-10(9)4-2-1-3-7-8-6/h1-4H2. The molecule has 0 saturated heterocycles. The summed E-state index contributed by atoms with van der Waals surface area (Å²) in [7, 11) is 3.93. The van der Waals surface area contributed by atoms with E-state index in [-0.39, 0.29) is 0 Å². The minimum Gasteiger partial charge on any atom is -0.243 e. The number of halogens is 1. The minimum atomic E-state index is -1.23. The van der Waals surface area contributed by atoms with E-state index in [4.69, 9.17) is 16.2 Å². The molecule has 0 aromatic carbocycles. The second-order valence-electron chi connectivity index (χ2n) is 1.66. The molecule has 0 bridgehead atoms. The number of hydrogen-bond acceptors (Lipinski definition) is 2. The molecule has 0 saturated carbocycles. The highest BCUT2D eigenvalue weighted by atomic mass is 35.7. The Bertz CT molecular complexity index is 153. The zero-order valence-corrected chi connectivity index (χ0v) is 6.94. The fourth-order valence-corrected chi connectivity index (χ4v) is 1.20. The molecule has 0 aliphatic carbocycles. The molecule has 0 heterocycles. The van der Waals surface area contributed by atoms with Crippen molar-refractivity contribution in [3.63, 3.8) is 0 Å². The van der Waals surface area contributed by atoms with E-state index in [2.05, 4.69) is 10.0 Å². The Kier molecular flexibility index (Phi) is 6.69. The molecule has 0 aliphatic heterocycles. The van der Waals surface area contributed by atoms with E-state index in [1.165, 1.54) is 0 Å². The van der Waals surface area contributed by atoms with Crippen LogP contribution in [0.3, 0.4) is 0 Å². The van der Waals surface area contributed by atoms with E-state index in [1.807, 2.05) is 0 Å². The van der Waals surface area contributed by atoms with Crippen molar-refractivity contribution in [2.75, 3.05) is 12.3 Å². The van der Waals surface area contributed by atoms with Crippen LogP contribution in [0.5, 0.6) is 0 Å². The van der Waals surface area contributed by atoms with Crippen molar-refractivity contribution in [3.05, 3.63) is 10.4 Å². The van der Waals surface area contributed by atoms with Gasteiger partial charge in [0, 0.05) is 17.2 Å². The first-order valence-corrected chi connectivity index (χ1v) is 4.97. The van der Waals surface area contributed by atoms with Crippen LogP contribution in [0.4, 0.5) is 0 Å². The third kappa shape index (κ3) is 7.75. The summed E-state index contributed by atoms with van der Waals surface area (Å²) in [6, 6.07) is 0. The molecule has 0 N–H and O–H groups in total. The Morgan fingerprint density at radius 2 is 2.30 bits per heavy atom. The largest absolute Gasteiger partial charge is 0.243 e. The van der Waals surface area contributed by atoms with Crippen LogP contribution in [-0.2, 0) is 10.0 Å². The number of unbranched alkanes of at least 4 members (excludes halogenated alkanes) is 1. The maximum absolute atomic E-state index is 10.2. The van der Waals surface area contributed by atoms with Crippen LogP contribution in [-0.4, -0.2) is 16.5 Å². The third-order valence-electron chi connectivity index (χ3n) is 0.876. The SMILES string of the molecule is [N-]=[N+]=NCCCCS(=O)Cl. The summed E-state index contributed by atoms with van der Waals surface area (Å²) in [4.78, 5) is 2.57. The van der Waals surface area contributed by atoms with Gasteiger partial charge in [-0.1, -0.05) is 5.11 Å². The molecule has 0 spiro atoms. The first-order chi connectivity index (χ1) is 4.77. The average Bonchev–Trinajstić information content (AvgIpc) is 1.87. The number of hydrogen-bond donors (Lipinski definition) is 0. The van der Waals surface area contributed by atoms with Crippen molar-refractivity contribution in [1.29, 1.82) is 0 Å². The predicted molar refractivity (Wildman–Crippen MR) is 42.1 cm³/mol. The maximum atomic E-state index is 10.2. The van der Waals surface area contributed by atoms with Crippen molar-refractivity contribution in [2.24, 2.45) is 5.11 Å². The molecule has 4 nitrogen and oxygen atoms in total. The molecule has 10 heavy (non-hydrogen) atoms. The Labute approximate surface area is 66.1 Å². The van der Waals surface area contributed by atoms with Gasteiger partial charge < -0.3 is 0 Å². The van der Waals surface area contributed by atoms with Crippen LogP contribution in [0, 0.1) is 0 Å². The van der Waals surface area contributed by atoms with Gasteiger partial charge in [-0.3, -0.25) is 0 Å². The fraction of sp³-hybridized carbons (Fsp3) is 1.00. The lowest BCUT2D eigenvalue weighted by Crippen LogP contribution is -1.89. The second kappa shape index (κ2) is 6.86. The Balaban J connectivity index is 3.05. The number of nitrogens with zero attached hydrogens (tertiary/aromatic N) is 3. The highest BCUT2D eigenvalue weighted by Crippen LogP contribution is 1.96. The van der Waals surface area contributed by atoms with Crippen LogP contribution >= 0.6 is 10.7 Å². The molecule has 0 aliphatic rings. The van der Waals surface area contributed by atoms with Crippen molar-refractivity contribution in [2.45, 2.75) is 12.8 Å². The van der Waals surface area contributed by atoms with Gasteiger partial charge in [0.2, 0.25) is 0 Å². The average molecular weight is 182 g/mol. The highest BCUT2D eigenvalue weighted by molar-refractivity contribution is 8.08. The Hall–Kier alpha value is -0.250. The molecule has 1 unspecified atom stereocenters. The van der Waals surface area contributed by atoms with E-state index < -0.39 is 10.0 Å². The lowest BCUT2D eigenvalue weighted by atomic mass is 10.3. The summed E-state index contributed by atoms with van der Waals surface area (Å²) < 4.78 is 10.2. The summed E-state index contributed by atoms with van der Waals surface area (Å²) in [5.41, 5.74) is 7.85. The number of rotatable bonds is 5. The molecule has 0 fully saturated rings. The zero-order chi connectivity index (χ0) is 7.82. The van der Waals surface area contributed by atoms with Crippen LogP contribution in [0.25, 0.3) is 10.4 Å². The molecule has 0 radical (unpaired) electrons. The van der Waals surface area contributed by atoms with Crippen molar-refractivity contribution >= 4 is 20.7 Å². The molecule has 1 atom stereocenters. The summed E-state index contributed by atoms with van der Waals surface area (Å²) in [6.07, 6.45) is 1.50. The molecule has 0 aromatic heterocycles. The van der Waals surface area contributed by atoms with E-state index in [9.17, 15) is 4.21 Å². The summed E-state index contributed by atoms with van der Waals surface area (Å²) in [5.74, 6) is 0.475. The molecular formula is C4H8ClN3OS. The number of azide groups is 1. The van der Waals surface area contributed by atoms with Gasteiger partial charge in [0.05, 0.1) is 0 Å². The van der Waals surface area contributed by atoms with E-state index in [0.29, 0.717) is 12.3 Å². The molecule has 0 rings (SSSR count). The van der Waals surface area contributed by atoms with Crippen LogP contribution in [0.2, 0.25) is 0 Å². The normalized spacial score (nSPS) is 12.1. The van der Waals surface area contributed by atoms with Gasteiger partial charge in [-0.25, -0.2) is 4.21 Å². The first kappa shape index (κ1) is 9.75. The molecular weight excluding hydrogens is 174 g/mol. The van der Waals surface area contributed by atoms with Gasteiger partial charge >= 0.3 is 0 Å². The van der Waals surface area contributed by atoms with Gasteiger partial charge in [-0.2, -0.15) is 0 Å².